The fourth-order valence-electron chi connectivity index (χ4n) is 3.66. The van der Waals surface area contributed by atoms with Gasteiger partial charge < -0.3 is 15.3 Å². The van der Waals surface area contributed by atoms with Gasteiger partial charge in [-0.15, -0.1) is 10.2 Å². The highest BCUT2D eigenvalue weighted by molar-refractivity contribution is 5.97. The fraction of sp³-hybridized carbons (Fsp3) is 0.115. The molecule has 3 aromatic carbocycles. The first kappa shape index (κ1) is 24.5. The minimum absolute atomic E-state index is 0.0147. The van der Waals surface area contributed by atoms with E-state index in [0.717, 1.165) is 29.3 Å². The fourth-order valence-corrected chi connectivity index (χ4v) is 3.66. The van der Waals surface area contributed by atoms with Crippen molar-refractivity contribution in [3.8, 4) is 17.3 Å². The summed E-state index contributed by atoms with van der Waals surface area (Å²) in [6.45, 7) is 3.74. The van der Waals surface area contributed by atoms with Gasteiger partial charge in [0.15, 0.2) is 5.69 Å². The number of fused-ring (bicyclic) bond motifs is 1. The monoisotopic (exact) mass is 495 g/mol. The number of aromatic hydroxyl groups is 2. The molecule has 184 valence electrons. The number of alkyl halides is 3. The van der Waals surface area contributed by atoms with Gasteiger partial charge in [0.05, 0.1) is 11.1 Å². The minimum Gasteiger partial charge on any atom is -0.506 e. The van der Waals surface area contributed by atoms with Crippen molar-refractivity contribution < 1.29 is 33.3 Å². The smallest absolute Gasteiger partial charge is 0.416 e. The number of aliphatic carboxylic acids is 1. The number of rotatable bonds is 5. The number of carboxylic acid groups (broad SMARTS) is 1. The lowest BCUT2D eigenvalue weighted by atomic mass is 10.1. The number of carboxylic acids is 1. The summed E-state index contributed by atoms with van der Waals surface area (Å²) in [5.41, 5.74) is 1.84. The number of aryl methyl sites for hydroxylation is 2. The molecule has 0 fully saturated rings. The Morgan fingerprint density at radius 3 is 2.33 bits per heavy atom. The Morgan fingerprint density at radius 2 is 1.69 bits per heavy atom. The standard InChI is InChI=1S/C26H20F3N3O4/c1-14-3-7-18(11-15(14)2)32-21-13-17(26(27,28)29)6-8-19(21)24(25(32)36)31-30-20-9-4-16(12-22(20)33)5-10-23(34)35/h3-13,33,36H,1-2H3,(H,34,35)/b10-5+,31-30?. The molecular weight excluding hydrogens is 475 g/mol. The Morgan fingerprint density at radius 1 is 0.944 bits per heavy atom. The molecule has 0 amide bonds. The van der Waals surface area contributed by atoms with Crippen LogP contribution in [0.5, 0.6) is 11.6 Å². The number of halogens is 3. The molecule has 0 saturated carbocycles. The zero-order chi connectivity index (χ0) is 26.2. The van der Waals surface area contributed by atoms with Crippen LogP contribution in [-0.4, -0.2) is 25.9 Å². The minimum atomic E-state index is -4.59. The van der Waals surface area contributed by atoms with E-state index in [2.05, 4.69) is 10.2 Å². The largest absolute Gasteiger partial charge is 0.506 e. The molecule has 10 heteroatoms. The molecule has 0 bridgehead atoms. The number of azo groups is 1. The molecule has 0 aliphatic carbocycles. The van der Waals surface area contributed by atoms with E-state index in [4.69, 9.17) is 5.11 Å². The van der Waals surface area contributed by atoms with Gasteiger partial charge in [-0.05, 0) is 79.1 Å². The predicted octanol–water partition coefficient (Wildman–Crippen LogP) is 7.19. The number of hydrogen-bond donors (Lipinski definition) is 3. The van der Waals surface area contributed by atoms with Gasteiger partial charge in [0.1, 0.15) is 11.4 Å². The predicted molar refractivity (Wildman–Crippen MR) is 128 cm³/mol. The lowest BCUT2D eigenvalue weighted by Gasteiger charge is -2.11. The highest BCUT2D eigenvalue weighted by Crippen LogP contribution is 2.44. The first-order valence-corrected chi connectivity index (χ1v) is 10.6. The van der Waals surface area contributed by atoms with Crippen molar-refractivity contribution in [2.75, 3.05) is 0 Å². The van der Waals surface area contributed by atoms with Crippen molar-refractivity contribution in [2.45, 2.75) is 20.0 Å². The molecule has 1 heterocycles. The zero-order valence-corrected chi connectivity index (χ0v) is 19.1. The van der Waals surface area contributed by atoms with E-state index in [9.17, 15) is 28.2 Å². The molecule has 0 atom stereocenters. The van der Waals surface area contributed by atoms with Crippen LogP contribution in [0.4, 0.5) is 24.5 Å². The first-order valence-electron chi connectivity index (χ1n) is 10.6. The van der Waals surface area contributed by atoms with Gasteiger partial charge in [-0.3, -0.25) is 4.57 Å². The van der Waals surface area contributed by atoms with Crippen LogP contribution in [0.25, 0.3) is 22.7 Å². The summed E-state index contributed by atoms with van der Waals surface area (Å²) < 4.78 is 41.6. The topological polar surface area (TPSA) is 107 Å². The lowest BCUT2D eigenvalue weighted by molar-refractivity contribution is -0.137. The van der Waals surface area contributed by atoms with E-state index < -0.39 is 23.6 Å². The highest BCUT2D eigenvalue weighted by Gasteiger charge is 2.32. The van der Waals surface area contributed by atoms with E-state index >= 15 is 0 Å². The van der Waals surface area contributed by atoms with Crippen molar-refractivity contribution in [3.05, 3.63) is 82.9 Å². The van der Waals surface area contributed by atoms with Crippen LogP contribution in [0, 0.1) is 13.8 Å². The average molecular weight is 495 g/mol. The number of benzene rings is 3. The molecule has 4 rings (SSSR count). The number of phenolic OH excluding ortho intramolecular Hbond substituents is 1. The molecule has 1 aromatic heterocycles. The number of nitrogens with zero attached hydrogens (tertiary/aromatic N) is 3. The highest BCUT2D eigenvalue weighted by atomic mass is 19.4. The van der Waals surface area contributed by atoms with E-state index in [0.29, 0.717) is 11.3 Å². The molecule has 0 saturated heterocycles. The Hall–Kier alpha value is -4.60. The Balaban J connectivity index is 1.86. The van der Waals surface area contributed by atoms with Crippen LogP contribution in [-0.2, 0) is 11.0 Å². The second-order valence-electron chi connectivity index (χ2n) is 8.13. The van der Waals surface area contributed by atoms with E-state index in [1.165, 1.54) is 34.9 Å². The van der Waals surface area contributed by atoms with Gasteiger partial charge in [-0.2, -0.15) is 13.2 Å². The third-order valence-electron chi connectivity index (χ3n) is 5.67. The molecule has 4 aromatic rings. The molecule has 0 unspecified atom stereocenters. The van der Waals surface area contributed by atoms with Gasteiger partial charge in [0.2, 0.25) is 5.88 Å². The Bertz CT molecular complexity index is 1550. The number of hydrogen-bond acceptors (Lipinski definition) is 5. The summed E-state index contributed by atoms with van der Waals surface area (Å²) in [6, 6.07) is 12.4. The summed E-state index contributed by atoms with van der Waals surface area (Å²) in [5.74, 6) is -1.87. The number of aromatic nitrogens is 1. The van der Waals surface area contributed by atoms with E-state index in [1.54, 1.807) is 18.2 Å². The first-order chi connectivity index (χ1) is 17.0. The van der Waals surface area contributed by atoms with Crippen molar-refractivity contribution >= 4 is 34.3 Å². The van der Waals surface area contributed by atoms with Crippen LogP contribution < -0.4 is 0 Å². The SMILES string of the molecule is Cc1ccc(-n2c(O)c(N=Nc3ccc(/C=C/C(=O)O)cc3O)c3ccc(C(F)(F)F)cc32)cc1C. The second-order valence-corrected chi connectivity index (χ2v) is 8.13. The van der Waals surface area contributed by atoms with Crippen molar-refractivity contribution in [1.29, 1.82) is 0 Å². The van der Waals surface area contributed by atoms with E-state index in [1.807, 2.05) is 13.8 Å². The molecule has 0 aliphatic rings. The van der Waals surface area contributed by atoms with Gasteiger partial charge in [-0.1, -0.05) is 12.1 Å². The normalized spacial score (nSPS) is 12.2. The summed E-state index contributed by atoms with van der Waals surface area (Å²) >= 11 is 0. The molecule has 0 spiro atoms. The second kappa shape index (κ2) is 9.21. The zero-order valence-electron chi connectivity index (χ0n) is 19.1. The molecule has 7 nitrogen and oxygen atoms in total. The quantitative estimate of drug-likeness (QED) is 0.201. The summed E-state index contributed by atoms with van der Waals surface area (Å²) in [5, 5.41) is 38.3. The van der Waals surface area contributed by atoms with Gasteiger partial charge in [0, 0.05) is 17.1 Å². The molecule has 0 aliphatic heterocycles. The van der Waals surface area contributed by atoms with Crippen LogP contribution in [0.1, 0.15) is 22.3 Å². The van der Waals surface area contributed by atoms with Crippen molar-refractivity contribution in [1.82, 2.24) is 4.57 Å². The Labute approximate surface area is 203 Å². The summed E-state index contributed by atoms with van der Waals surface area (Å²) in [4.78, 5) is 10.7. The average Bonchev–Trinajstić information content (AvgIpc) is 3.08. The van der Waals surface area contributed by atoms with E-state index in [-0.39, 0.29) is 28.0 Å². The molecule has 0 radical (unpaired) electrons. The van der Waals surface area contributed by atoms with Gasteiger partial charge in [-0.25, -0.2) is 4.79 Å². The summed E-state index contributed by atoms with van der Waals surface area (Å²) in [7, 11) is 0. The van der Waals surface area contributed by atoms with Crippen LogP contribution in [0.2, 0.25) is 0 Å². The third-order valence-corrected chi connectivity index (χ3v) is 5.67. The number of phenols is 1. The van der Waals surface area contributed by atoms with Crippen LogP contribution >= 0.6 is 0 Å². The number of carbonyl (C=O) groups is 1. The van der Waals surface area contributed by atoms with Crippen molar-refractivity contribution in [2.24, 2.45) is 10.2 Å². The maximum Gasteiger partial charge on any atom is 0.416 e. The molecule has 36 heavy (non-hydrogen) atoms. The summed E-state index contributed by atoms with van der Waals surface area (Å²) in [6.07, 6.45) is -2.40. The van der Waals surface area contributed by atoms with Crippen LogP contribution in [0.15, 0.2) is 70.9 Å². The molecular formula is C26H20F3N3O4. The maximum atomic E-state index is 13.4. The maximum absolute atomic E-state index is 13.4. The van der Waals surface area contributed by atoms with Crippen LogP contribution in [0.3, 0.4) is 0 Å². The lowest BCUT2D eigenvalue weighted by Crippen LogP contribution is -2.05. The van der Waals surface area contributed by atoms with Crippen molar-refractivity contribution in [3.63, 3.8) is 0 Å². The van der Waals surface area contributed by atoms with Gasteiger partial charge in [0.25, 0.3) is 0 Å². The Kier molecular flexibility index (Phi) is 6.28. The third kappa shape index (κ3) is 4.78. The van der Waals surface area contributed by atoms with Gasteiger partial charge >= 0.3 is 12.1 Å². The molecule has 3 N–H and O–H groups in total.